The summed E-state index contributed by atoms with van der Waals surface area (Å²) < 4.78 is 0. The molecule has 0 aliphatic carbocycles. The first-order valence-corrected chi connectivity index (χ1v) is 9.96. The molecule has 1 aliphatic heterocycles. The molecule has 1 aliphatic rings. The van der Waals surface area contributed by atoms with Gasteiger partial charge in [0.25, 0.3) is 5.91 Å². The van der Waals surface area contributed by atoms with Crippen molar-refractivity contribution >= 4 is 17.3 Å². The Morgan fingerprint density at radius 1 is 0.667 bits per heavy atom. The second-order valence-corrected chi connectivity index (χ2v) is 7.23. The van der Waals surface area contributed by atoms with Gasteiger partial charge in [0, 0.05) is 5.69 Å². The van der Waals surface area contributed by atoms with Gasteiger partial charge in [0.05, 0.1) is 11.3 Å². The van der Waals surface area contributed by atoms with E-state index in [0.29, 0.717) is 5.56 Å². The van der Waals surface area contributed by atoms with E-state index in [-0.39, 0.29) is 12.1 Å². The Balaban J connectivity index is 1.51. The molecule has 1 atom stereocenters. The summed E-state index contributed by atoms with van der Waals surface area (Å²) in [6.45, 7) is 0. The van der Waals surface area contributed by atoms with Gasteiger partial charge in [-0.2, -0.15) is 0 Å². The van der Waals surface area contributed by atoms with Gasteiger partial charge >= 0.3 is 0 Å². The first kappa shape index (κ1) is 18.0. The van der Waals surface area contributed by atoms with Gasteiger partial charge in [-0.15, -0.1) is 0 Å². The largest absolute Gasteiger partial charge is 0.359 e. The van der Waals surface area contributed by atoms with Crippen molar-refractivity contribution in [1.29, 1.82) is 0 Å². The maximum atomic E-state index is 13.3. The van der Waals surface area contributed by atoms with Crippen molar-refractivity contribution in [3.63, 3.8) is 0 Å². The standard InChI is InChI=1S/C26H21N3O/c30-26-23-13-7-8-14-24(23)27-25(29(26)28-22-11-5-2-6-12-22)21-17-15-20(16-18-21)19-9-3-1-4-10-19/h1-18,25,27-28H. The van der Waals surface area contributed by atoms with Crippen LogP contribution in [0.3, 0.4) is 0 Å². The molecule has 0 spiro atoms. The fourth-order valence-corrected chi connectivity index (χ4v) is 3.74. The monoisotopic (exact) mass is 391 g/mol. The van der Waals surface area contributed by atoms with Crippen LogP contribution in [0.4, 0.5) is 11.4 Å². The lowest BCUT2D eigenvalue weighted by atomic mass is 10.0. The molecule has 0 saturated carbocycles. The number of anilines is 2. The Morgan fingerprint density at radius 3 is 2.00 bits per heavy atom. The number of nitrogens with zero attached hydrogens (tertiary/aromatic N) is 1. The van der Waals surface area contributed by atoms with Crippen molar-refractivity contribution in [3.05, 3.63) is 120 Å². The number of hydrogen-bond acceptors (Lipinski definition) is 3. The third-order valence-corrected chi connectivity index (χ3v) is 5.28. The van der Waals surface area contributed by atoms with Crippen LogP contribution in [0.2, 0.25) is 0 Å². The van der Waals surface area contributed by atoms with Crippen LogP contribution in [0.1, 0.15) is 22.1 Å². The highest BCUT2D eigenvalue weighted by molar-refractivity contribution is 6.02. The van der Waals surface area contributed by atoms with Crippen LogP contribution in [0.25, 0.3) is 11.1 Å². The van der Waals surface area contributed by atoms with Crippen LogP contribution in [-0.4, -0.2) is 10.9 Å². The number of fused-ring (bicyclic) bond motifs is 1. The maximum absolute atomic E-state index is 13.3. The van der Waals surface area contributed by atoms with E-state index in [1.54, 1.807) is 5.01 Å². The summed E-state index contributed by atoms with van der Waals surface area (Å²) in [5.41, 5.74) is 8.95. The van der Waals surface area contributed by atoms with E-state index in [0.717, 1.165) is 22.5 Å². The van der Waals surface area contributed by atoms with Crippen molar-refractivity contribution in [1.82, 2.24) is 5.01 Å². The number of para-hydroxylation sites is 2. The topological polar surface area (TPSA) is 44.4 Å². The molecule has 1 heterocycles. The molecule has 4 nitrogen and oxygen atoms in total. The zero-order chi connectivity index (χ0) is 20.3. The summed E-state index contributed by atoms with van der Waals surface area (Å²) in [5, 5.41) is 5.18. The lowest BCUT2D eigenvalue weighted by Crippen LogP contribution is -2.46. The number of rotatable bonds is 4. The first-order valence-electron chi connectivity index (χ1n) is 9.96. The zero-order valence-corrected chi connectivity index (χ0v) is 16.3. The predicted octanol–water partition coefficient (Wildman–Crippen LogP) is 5.95. The molecular weight excluding hydrogens is 370 g/mol. The van der Waals surface area contributed by atoms with E-state index in [9.17, 15) is 4.79 Å². The summed E-state index contributed by atoms with van der Waals surface area (Å²) in [4.78, 5) is 13.3. The molecule has 0 fully saturated rings. The van der Waals surface area contributed by atoms with E-state index in [4.69, 9.17) is 0 Å². The van der Waals surface area contributed by atoms with Crippen LogP contribution in [0, 0.1) is 0 Å². The molecule has 4 aromatic carbocycles. The molecule has 4 aromatic rings. The van der Waals surface area contributed by atoms with Gasteiger partial charge in [-0.1, -0.05) is 84.9 Å². The minimum Gasteiger partial charge on any atom is -0.359 e. The fourth-order valence-electron chi connectivity index (χ4n) is 3.74. The molecule has 0 radical (unpaired) electrons. The Kier molecular flexibility index (Phi) is 4.66. The highest BCUT2D eigenvalue weighted by Crippen LogP contribution is 2.34. The average Bonchev–Trinajstić information content (AvgIpc) is 2.82. The van der Waals surface area contributed by atoms with Gasteiger partial charge in [0.1, 0.15) is 6.17 Å². The molecular formula is C26H21N3O. The van der Waals surface area contributed by atoms with Gasteiger partial charge in [-0.05, 0) is 41.0 Å². The molecule has 4 heteroatoms. The molecule has 146 valence electrons. The Bertz CT molecular complexity index is 1160. The van der Waals surface area contributed by atoms with E-state index >= 15 is 0 Å². The van der Waals surface area contributed by atoms with Crippen LogP contribution in [0.15, 0.2) is 109 Å². The number of carbonyl (C=O) groups is 1. The molecule has 0 bridgehead atoms. The van der Waals surface area contributed by atoms with Crippen molar-refractivity contribution in [2.45, 2.75) is 6.17 Å². The second kappa shape index (κ2) is 7.76. The Hall–Kier alpha value is -4.05. The number of benzene rings is 4. The second-order valence-electron chi connectivity index (χ2n) is 7.23. The molecule has 2 N–H and O–H groups in total. The molecule has 0 saturated heterocycles. The first-order chi connectivity index (χ1) is 14.8. The summed E-state index contributed by atoms with van der Waals surface area (Å²) in [6.07, 6.45) is -0.336. The summed E-state index contributed by atoms with van der Waals surface area (Å²) in [6, 6.07) is 36.0. The highest BCUT2D eigenvalue weighted by atomic mass is 16.2. The average molecular weight is 391 g/mol. The maximum Gasteiger partial charge on any atom is 0.276 e. The van der Waals surface area contributed by atoms with E-state index in [2.05, 4.69) is 47.1 Å². The van der Waals surface area contributed by atoms with Crippen LogP contribution in [-0.2, 0) is 0 Å². The minimum absolute atomic E-state index is 0.0645. The fraction of sp³-hybridized carbons (Fsp3) is 0.0385. The van der Waals surface area contributed by atoms with E-state index in [1.807, 2.05) is 72.8 Å². The van der Waals surface area contributed by atoms with Gasteiger partial charge in [0.15, 0.2) is 0 Å². The van der Waals surface area contributed by atoms with Gasteiger partial charge in [-0.3, -0.25) is 10.2 Å². The molecule has 1 amide bonds. The van der Waals surface area contributed by atoms with Crippen LogP contribution in [0.5, 0.6) is 0 Å². The number of hydrogen-bond donors (Lipinski definition) is 2. The number of nitrogens with one attached hydrogen (secondary N) is 2. The molecule has 0 aromatic heterocycles. The Morgan fingerprint density at radius 2 is 1.27 bits per heavy atom. The smallest absolute Gasteiger partial charge is 0.276 e. The third kappa shape index (κ3) is 3.40. The van der Waals surface area contributed by atoms with Crippen molar-refractivity contribution in [3.8, 4) is 11.1 Å². The van der Waals surface area contributed by atoms with Gasteiger partial charge in [-0.25, -0.2) is 5.01 Å². The van der Waals surface area contributed by atoms with Gasteiger partial charge in [0.2, 0.25) is 0 Å². The van der Waals surface area contributed by atoms with E-state index < -0.39 is 0 Å². The minimum atomic E-state index is -0.336. The Labute approximate surface area is 175 Å². The summed E-state index contributed by atoms with van der Waals surface area (Å²) in [5.74, 6) is -0.0645. The lowest BCUT2D eigenvalue weighted by molar-refractivity contribution is 0.0733. The number of hydrazine groups is 1. The molecule has 30 heavy (non-hydrogen) atoms. The quantitative estimate of drug-likeness (QED) is 0.452. The van der Waals surface area contributed by atoms with Crippen molar-refractivity contribution < 1.29 is 4.79 Å². The highest BCUT2D eigenvalue weighted by Gasteiger charge is 2.33. The normalized spacial score (nSPS) is 15.3. The zero-order valence-electron chi connectivity index (χ0n) is 16.3. The summed E-state index contributed by atoms with van der Waals surface area (Å²) in [7, 11) is 0. The number of amides is 1. The SMILES string of the molecule is O=C1c2ccccc2NC(c2ccc(-c3ccccc3)cc2)N1Nc1ccccc1. The van der Waals surface area contributed by atoms with Crippen molar-refractivity contribution in [2.24, 2.45) is 0 Å². The molecule has 1 unspecified atom stereocenters. The van der Waals surface area contributed by atoms with Crippen LogP contribution >= 0.6 is 0 Å². The van der Waals surface area contributed by atoms with E-state index in [1.165, 1.54) is 5.56 Å². The van der Waals surface area contributed by atoms with Crippen molar-refractivity contribution in [2.75, 3.05) is 10.7 Å². The van der Waals surface area contributed by atoms with Gasteiger partial charge < -0.3 is 5.32 Å². The number of carbonyl (C=O) groups excluding carboxylic acids is 1. The summed E-state index contributed by atoms with van der Waals surface area (Å²) >= 11 is 0. The molecule has 5 rings (SSSR count). The third-order valence-electron chi connectivity index (χ3n) is 5.28. The van der Waals surface area contributed by atoms with Crippen LogP contribution < -0.4 is 10.7 Å². The lowest BCUT2D eigenvalue weighted by Gasteiger charge is -2.38. The predicted molar refractivity (Wildman–Crippen MR) is 121 cm³/mol.